The Morgan fingerprint density at radius 3 is 2.57 bits per heavy atom. The molecular formula is C14H25N3O4. The summed E-state index contributed by atoms with van der Waals surface area (Å²) in [6.07, 6.45) is 0.431. The number of piperazine rings is 1. The molecule has 1 aliphatic rings. The molecule has 7 heteroatoms. The maximum atomic E-state index is 12.7. The number of carboxylic acids is 1. The van der Waals surface area contributed by atoms with E-state index in [0.717, 1.165) is 0 Å². The molecule has 0 radical (unpaired) electrons. The fraction of sp³-hybridized carbons (Fsp3) is 0.786. The topological polar surface area (TPSA) is 90.0 Å². The van der Waals surface area contributed by atoms with Crippen LogP contribution in [0.4, 0.5) is 4.79 Å². The van der Waals surface area contributed by atoms with Crippen molar-refractivity contribution in [2.75, 3.05) is 19.6 Å². The smallest absolute Gasteiger partial charge is 0.321 e. The van der Waals surface area contributed by atoms with Crippen LogP contribution in [-0.4, -0.2) is 64.0 Å². The predicted octanol–water partition coefficient (Wildman–Crippen LogP) is 0.892. The highest BCUT2D eigenvalue weighted by Crippen LogP contribution is 2.20. The van der Waals surface area contributed by atoms with Gasteiger partial charge in [0.1, 0.15) is 5.54 Å². The van der Waals surface area contributed by atoms with E-state index in [9.17, 15) is 14.4 Å². The van der Waals surface area contributed by atoms with Crippen molar-refractivity contribution in [3.05, 3.63) is 0 Å². The van der Waals surface area contributed by atoms with Crippen LogP contribution in [0.25, 0.3) is 0 Å². The second-order valence-corrected chi connectivity index (χ2v) is 6.03. The molecule has 0 bridgehead atoms. The van der Waals surface area contributed by atoms with Crippen molar-refractivity contribution in [2.45, 2.75) is 52.1 Å². The average Bonchev–Trinajstić information content (AvgIpc) is 2.36. The van der Waals surface area contributed by atoms with Crippen molar-refractivity contribution in [1.29, 1.82) is 0 Å². The second-order valence-electron chi connectivity index (χ2n) is 6.03. The van der Waals surface area contributed by atoms with Crippen molar-refractivity contribution in [3.63, 3.8) is 0 Å². The summed E-state index contributed by atoms with van der Waals surface area (Å²) in [5.74, 6) is -1.04. The zero-order valence-corrected chi connectivity index (χ0v) is 13.2. The minimum atomic E-state index is -0.894. The van der Waals surface area contributed by atoms with Gasteiger partial charge in [0.05, 0.1) is 0 Å². The van der Waals surface area contributed by atoms with Crippen molar-refractivity contribution in [1.82, 2.24) is 15.1 Å². The zero-order chi connectivity index (χ0) is 16.2. The summed E-state index contributed by atoms with van der Waals surface area (Å²) in [5.41, 5.74) is -0.894. The quantitative estimate of drug-likeness (QED) is 0.789. The Balaban J connectivity index is 2.80. The van der Waals surface area contributed by atoms with Gasteiger partial charge in [0.25, 0.3) is 0 Å². The lowest BCUT2D eigenvalue weighted by molar-refractivity contribution is -0.137. The number of amides is 3. The number of hydrogen-bond acceptors (Lipinski definition) is 3. The number of urea groups is 1. The number of nitrogens with one attached hydrogen (secondary N) is 1. The summed E-state index contributed by atoms with van der Waals surface area (Å²) in [6, 6.07) is -0.262. The Labute approximate surface area is 125 Å². The maximum Gasteiger partial charge on any atom is 0.321 e. The van der Waals surface area contributed by atoms with Gasteiger partial charge in [-0.1, -0.05) is 0 Å². The van der Waals surface area contributed by atoms with E-state index in [-0.39, 0.29) is 24.4 Å². The largest absolute Gasteiger partial charge is 0.481 e. The van der Waals surface area contributed by atoms with Crippen LogP contribution < -0.4 is 5.32 Å². The van der Waals surface area contributed by atoms with Crippen LogP contribution in [0.2, 0.25) is 0 Å². The summed E-state index contributed by atoms with van der Waals surface area (Å²) in [7, 11) is 0. The van der Waals surface area contributed by atoms with E-state index in [2.05, 4.69) is 5.32 Å². The molecule has 1 aliphatic heterocycles. The number of hydrogen-bond donors (Lipinski definition) is 2. The molecule has 0 atom stereocenters. The minimum Gasteiger partial charge on any atom is -0.481 e. The van der Waals surface area contributed by atoms with Gasteiger partial charge in [-0.05, 0) is 34.1 Å². The first-order valence-corrected chi connectivity index (χ1v) is 7.26. The zero-order valence-electron chi connectivity index (χ0n) is 13.2. The fourth-order valence-electron chi connectivity index (χ4n) is 2.36. The van der Waals surface area contributed by atoms with Crippen LogP contribution in [0.15, 0.2) is 0 Å². The first kappa shape index (κ1) is 17.3. The molecule has 0 aromatic rings. The normalized spacial score (nSPS) is 17.6. The Bertz CT molecular complexity index is 420. The standard InChI is InChI=1S/C14H25N3O4/c1-10(2)16(8-5-6-11(18)19)13(21)17-9-7-15-12(20)14(17,3)4/h10H,5-9H2,1-4H3,(H,15,20)(H,18,19). The SMILES string of the molecule is CC(C)N(CCCC(=O)O)C(=O)N1CCNC(=O)C1(C)C. The molecule has 2 N–H and O–H groups in total. The number of aliphatic carboxylic acids is 1. The Morgan fingerprint density at radius 1 is 1.43 bits per heavy atom. The first-order chi connectivity index (χ1) is 9.67. The Kier molecular flexibility index (Phi) is 5.57. The molecule has 1 fully saturated rings. The molecule has 120 valence electrons. The number of carbonyl (C=O) groups excluding carboxylic acids is 2. The summed E-state index contributed by atoms with van der Waals surface area (Å²) >= 11 is 0. The van der Waals surface area contributed by atoms with Gasteiger partial charge in [0.15, 0.2) is 0 Å². The van der Waals surface area contributed by atoms with E-state index in [1.165, 1.54) is 0 Å². The summed E-state index contributed by atoms with van der Waals surface area (Å²) < 4.78 is 0. The van der Waals surface area contributed by atoms with Gasteiger partial charge < -0.3 is 20.2 Å². The van der Waals surface area contributed by atoms with Gasteiger partial charge in [-0.3, -0.25) is 9.59 Å². The second kappa shape index (κ2) is 6.78. The maximum absolute atomic E-state index is 12.7. The lowest BCUT2D eigenvalue weighted by Crippen LogP contribution is -2.66. The van der Waals surface area contributed by atoms with E-state index in [1.807, 2.05) is 13.8 Å². The van der Waals surface area contributed by atoms with Crippen molar-refractivity contribution >= 4 is 17.9 Å². The highest BCUT2D eigenvalue weighted by molar-refractivity contribution is 5.91. The van der Waals surface area contributed by atoms with Gasteiger partial charge >= 0.3 is 12.0 Å². The number of carbonyl (C=O) groups is 3. The van der Waals surface area contributed by atoms with Crippen molar-refractivity contribution in [3.8, 4) is 0 Å². The molecule has 21 heavy (non-hydrogen) atoms. The lowest BCUT2D eigenvalue weighted by atomic mass is 9.99. The van der Waals surface area contributed by atoms with Crippen LogP contribution in [0.5, 0.6) is 0 Å². The number of nitrogens with zero attached hydrogens (tertiary/aromatic N) is 2. The van der Waals surface area contributed by atoms with Crippen molar-refractivity contribution < 1.29 is 19.5 Å². The summed E-state index contributed by atoms with van der Waals surface area (Å²) in [5, 5.41) is 11.5. The summed E-state index contributed by atoms with van der Waals surface area (Å²) in [6.45, 7) is 8.47. The van der Waals surface area contributed by atoms with Gasteiger partial charge in [0.2, 0.25) is 5.91 Å². The average molecular weight is 299 g/mol. The highest BCUT2D eigenvalue weighted by atomic mass is 16.4. The Hall–Kier alpha value is -1.79. The molecule has 0 saturated carbocycles. The van der Waals surface area contributed by atoms with Gasteiger partial charge in [-0.25, -0.2) is 4.79 Å². The van der Waals surface area contributed by atoms with E-state index in [4.69, 9.17) is 5.11 Å². The van der Waals surface area contributed by atoms with Crippen LogP contribution in [0.1, 0.15) is 40.5 Å². The van der Waals surface area contributed by atoms with E-state index in [0.29, 0.717) is 26.1 Å². The molecule has 0 spiro atoms. The predicted molar refractivity (Wildman–Crippen MR) is 77.9 cm³/mol. The van der Waals surface area contributed by atoms with E-state index in [1.54, 1.807) is 23.6 Å². The molecule has 0 aliphatic carbocycles. The molecule has 0 aromatic carbocycles. The van der Waals surface area contributed by atoms with Gasteiger partial charge in [0, 0.05) is 32.1 Å². The van der Waals surface area contributed by atoms with Crippen LogP contribution in [-0.2, 0) is 9.59 Å². The first-order valence-electron chi connectivity index (χ1n) is 7.26. The molecular weight excluding hydrogens is 274 g/mol. The molecule has 1 rings (SSSR count). The highest BCUT2D eigenvalue weighted by Gasteiger charge is 2.42. The third-order valence-corrected chi connectivity index (χ3v) is 3.74. The molecule has 1 heterocycles. The van der Waals surface area contributed by atoms with Gasteiger partial charge in [-0.2, -0.15) is 0 Å². The van der Waals surface area contributed by atoms with Gasteiger partial charge in [-0.15, -0.1) is 0 Å². The van der Waals surface area contributed by atoms with Crippen LogP contribution in [0, 0.1) is 0 Å². The molecule has 7 nitrogen and oxygen atoms in total. The third-order valence-electron chi connectivity index (χ3n) is 3.74. The molecule has 1 saturated heterocycles. The number of carboxylic acid groups (broad SMARTS) is 1. The minimum absolute atomic E-state index is 0.0282. The Morgan fingerprint density at radius 2 is 2.05 bits per heavy atom. The fourth-order valence-corrected chi connectivity index (χ4v) is 2.36. The number of rotatable bonds is 5. The molecule has 0 unspecified atom stereocenters. The van der Waals surface area contributed by atoms with Crippen molar-refractivity contribution in [2.24, 2.45) is 0 Å². The lowest BCUT2D eigenvalue weighted by Gasteiger charge is -2.44. The van der Waals surface area contributed by atoms with Crippen LogP contribution in [0.3, 0.4) is 0 Å². The van der Waals surface area contributed by atoms with E-state index >= 15 is 0 Å². The molecule has 0 aromatic heterocycles. The third kappa shape index (κ3) is 4.09. The summed E-state index contributed by atoms with van der Waals surface area (Å²) in [4.78, 5) is 38.4. The van der Waals surface area contributed by atoms with E-state index < -0.39 is 11.5 Å². The van der Waals surface area contributed by atoms with Crippen LogP contribution >= 0.6 is 0 Å². The monoisotopic (exact) mass is 299 g/mol. The molecule has 3 amide bonds.